The van der Waals surface area contributed by atoms with E-state index in [0.29, 0.717) is 0 Å². The molecule has 0 saturated carbocycles. The lowest BCUT2D eigenvalue weighted by atomic mass is 9.99. The fraction of sp³-hybridized carbons (Fsp3) is 1.00. The van der Waals surface area contributed by atoms with Gasteiger partial charge in [-0.05, 0) is 5.53 Å². The summed E-state index contributed by atoms with van der Waals surface area (Å²) in [6.07, 6.45) is -7.07. The zero-order valence-corrected chi connectivity index (χ0v) is 7.13. The topological polar surface area (TPSA) is 139 Å². The molecule has 0 aromatic rings. The van der Waals surface area contributed by atoms with Crippen molar-refractivity contribution in [1.82, 2.24) is 0 Å². The van der Waals surface area contributed by atoms with Crippen molar-refractivity contribution in [3.8, 4) is 0 Å². The van der Waals surface area contributed by atoms with Crippen molar-refractivity contribution < 1.29 is 25.2 Å². The molecule has 8 heteroatoms. The van der Waals surface area contributed by atoms with E-state index in [2.05, 4.69) is 10.0 Å². The Hall–Kier alpha value is -0.890. The molecule has 1 rings (SSSR count). The maximum atomic E-state index is 9.32. The highest BCUT2D eigenvalue weighted by atomic mass is 16.6. The van der Waals surface area contributed by atoms with Crippen molar-refractivity contribution in [2.24, 2.45) is 5.11 Å². The standard InChI is InChI=1S/C6H11N3O5/c7-9-8-1-2-3(10)4(11)5(12)6(13)14-2/h2-6,10-13H,1H2/t2-,3+,4+,5-,6+/m0/s1. The fourth-order valence-corrected chi connectivity index (χ4v) is 1.20. The van der Waals surface area contributed by atoms with Crippen molar-refractivity contribution in [3.05, 3.63) is 10.4 Å². The van der Waals surface area contributed by atoms with Gasteiger partial charge in [0, 0.05) is 4.91 Å². The zero-order chi connectivity index (χ0) is 10.7. The summed E-state index contributed by atoms with van der Waals surface area (Å²) in [7, 11) is 0. The number of azide groups is 1. The van der Waals surface area contributed by atoms with Gasteiger partial charge in [-0.1, -0.05) is 5.11 Å². The largest absolute Gasteiger partial charge is 0.388 e. The number of aliphatic hydroxyl groups excluding tert-OH is 4. The van der Waals surface area contributed by atoms with Gasteiger partial charge in [-0.25, -0.2) is 0 Å². The molecule has 4 N–H and O–H groups in total. The predicted octanol–water partition coefficient (Wildman–Crippen LogP) is -1.90. The smallest absolute Gasteiger partial charge is 0.183 e. The van der Waals surface area contributed by atoms with Gasteiger partial charge in [0.25, 0.3) is 0 Å². The molecule has 5 atom stereocenters. The molecule has 0 amide bonds. The van der Waals surface area contributed by atoms with Gasteiger partial charge in [0.1, 0.15) is 18.3 Å². The van der Waals surface area contributed by atoms with E-state index in [9.17, 15) is 10.2 Å². The molecular weight excluding hydrogens is 194 g/mol. The molecule has 0 aliphatic carbocycles. The molecule has 0 bridgehead atoms. The Morgan fingerprint density at radius 1 is 1.14 bits per heavy atom. The lowest BCUT2D eigenvalue weighted by molar-refractivity contribution is -0.279. The molecule has 1 heterocycles. The molecule has 0 spiro atoms. The molecule has 80 valence electrons. The summed E-state index contributed by atoms with van der Waals surface area (Å²) < 4.78 is 4.71. The molecule has 8 nitrogen and oxygen atoms in total. The van der Waals surface area contributed by atoms with Crippen molar-refractivity contribution in [3.63, 3.8) is 0 Å². The number of rotatable bonds is 2. The van der Waals surface area contributed by atoms with Crippen LogP contribution in [0.2, 0.25) is 0 Å². The molecule has 1 aliphatic heterocycles. The summed E-state index contributed by atoms with van der Waals surface area (Å²) in [5.74, 6) is 0. The highest BCUT2D eigenvalue weighted by molar-refractivity contribution is 4.89. The normalized spacial score (nSPS) is 43.0. The molecule has 1 aliphatic rings. The molecule has 0 aromatic carbocycles. The van der Waals surface area contributed by atoms with Crippen LogP contribution >= 0.6 is 0 Å². The lowest BCUT2D eigenvalue weighted by Gasteiger charge is -2.37. The second kappa shape index (κ2) is 4.56. The summed E-state index contributed by atoms with van der Waals surface area (Å²) in [4.78, 5) is 2.44. The monoisotopic (exact) mass is 205 g/mol. The zero-order valence-electron chi connectivity index (χ0n) is 7.13. The van der Waals surface area contributed by atoms with Crippen LogP contribution in [0, 0.1) is 0 Å². The van der Waals surface area contributed by atoms with Crippen LogP contribution in [-0.2, 0) is 4.74 Å². The fourth-order valence-electron chi connectivity index (χ4n) is 1.20. The van der Waals surface area contributed by atoms with Gasteiger partial charge in [0.05, 0.1) is 12.6 Å². The van der Waals surface area contributed by atoms with Gasteiger partial charge < -0.3 is 25.2 Å². The Morgan fingerprint density at radius 2 is 1.79 bits per heavy atom. The van der Waals surface area contributed by atoms with Crippen LogP contribution in [0.5, 0.6) is 0 Å². The third kappa shape index (κ3) is 2.13. The van der Waals surface area contributed by atoms with E-state index in [1.807, 2.05) is 0 Å². The van der Waals surface area contributed by atoms with Gasteiger partial charge in [0.15, 0.2) is 6.29 Å². The average Bonchev–Trinajstić information content (AvgIpc) is 2.18. The quantitative estimate of drug-likeness (QED) is 0.237. The van der Waals surface area contributed by atoms with Crippen LogP contribution in [0.1, 0.15) is 0 Å². The minimum absolute atomic E-state index is 0.224. The first-order chi connectivity index (χ1) is 6.57. The summed E-state index contributed by atoms with van der Waals surface area (Å²) in [6.45, 7) is -0.224. The Bertz CT molecular complexity index is 244. The highest BCUT2D eigenvalue weighted by Crippen LogP contribution is 2.19. The number of hydrogen-bond acceptors (Lipinski definition) is 6. The second-order valence-electron chi connectivity index (χ2n) is 2.95. The van der Waals surface area contributed by atoms with Crippen molar-refractivity contribution in [2.75, 3.05) is 6.54 Å². The minimum atomic E-state index is -1.59. The van der Waals surface area contributed by atoms with Crippen LogP contribution in [0.3, 0.4) is 0 Å². The van der Waals surface area contributed by atoms with Gasteiger partial charge >= 0.3 is 0 Å². The van der Waals surface area contributed by atoms with E-state index in [-0.39, 0.29) is 6.54 Å². The lowest BCUT2D eigenvalue weighted by Crippen LogP contribution is -2.58. The van der Waals surface area contributed by atoms with Crippen LogP contribution < -0.4 is 0 Å². The first-order valence-corrected chi connectivity index (χ1v) is 3.96. The van der Waals surface area contributed by atoms with Gasteiger partial charge in [0.2, 0.25) is 0 Å². The molecular formula is C6H11N3O5. The SMILES string of the molecule is [N-]=[N+]=NC[C@@H]1O[C@@H](O)[C@@H](O)[C@H](O)[C@@H]1O. The number of aliphatic hydroxyl groups is 4. The molecule has 1 fully saturated rings. The number of ether oxygens (including phenoxy) is 1. The van der Waals surface area contributed by atoms with E-state index in [1.165, 1.54) is 0 Å². The van der Waals surface area contributed by atoms with Crippen molar-refractivity contribution in [2.45, 2.75) is 30.7 Å². The summed E-state index contributed by atoms with van der Waals surface area (Å²) in [5, 5.41) is 39.8. The van der Waals surface area contributed by atoms with Gasteiger partial charge in [-0.2, -0.15) is 0 Å². The van der Waals surface area contributed by atoms with Crippen LogP contribution in [0.4, 0.5) is 0 Å². The third-order valence-corrected chi connectivity index (χ3v) is 2.01. The second-order valence-corrected chi connectivity index (χ2v) is 2.95. The molecule has 1 saturated heterocycles. The van der Waals surface area contributed by atoms with Crippen LogP contribution in [0.25, 0.3) is 10.4 Å². The van der Waals surface area contributed by atoms with Crippen molar-refractivity contribution in [1.29, 1.82) is 0 Å². The number of nitrogens with zero attached hydrogens (tertiary/aromatic N) is 3. The van der Waals surface area contributed by atoms with E-state index in [1.54, 1.807) is 0 Å². The molecule has 14 heavy (non-hydrogen) atoms. The molecule has 0 aromatic heterocycles. The highest BCUT2D eigenvalue weighted by Gasteiger charge is 2.42. The minimum Gasteiger partial charge on any atom is -0.388 e. The van der Waals surface area contributed by atoms with Crippen LogP contribution in [-0.4, -0.2) is 57.7 Å². The molecule has 0 radical (unpaired) electrons. The molecule has 0 unspecified atom stereocenters. The summed E-state index contributed by atoms with van der Waals surface area (Å²) in [6, 6.07) is 0. The maximum absolute atomic E-state index is 9.32. The Labute approximate surface area is 79.0 Å². The van der Waals surface area contributed by atoms with E-state index < -0.39 is 30.7 Å². The van der Waals surface area contributed by atoms with E-state index >= 15 is 0 Å². The van der Waals surface area contributed by atoms with E-state index in [4.69, 9.17) is 20.5 Å². The average molecular weight is 205 g/mol. The van der Waals surface area contributed by atoms with Gasteiger partial charge in [-0.3, -0.25) is 0 Å². The summed E-state index contributed by atoms with van der Waals surface area (Å²) >= 11 is 0. The Kier molecular flexibility index (Phi) is 3.64. The third-order valence-electron chi connectivity index (χ3n) is 2.01. The Balaban J connectivity index is 2.64. The summed E-state index contributed by atoms with van der Waals surface area (Å²) in [5.41, 5.74) is 8.01. The van der Waals surface area contributed by atoms with E-state index in [0.717, 1.165) is 0 Å². The van der Waals surface area contributed by atoms with Crippen molar-refractivity contribution >= 4 is 0 Å². The maximum Gasteiger partial charge on any atom is 0.183 e. The predicted molar refractivity (Wildman–Crippen MR) is 42.9 cm³/mol. The van der Waals surface area contributed by atoms with Gasteiger partial charge in [-0.15, -0.1) is 0 Å². The Morgan fingerprint density at radius 3 is 2.36 bits per heavy atom. The first kappa shape index (κ1) is 11.2. The first-order valence-electron chi connectivity index (χ1n) is 3.96. The van der Waals surface area contributed by atoms with Crippen LogP contribution in [0.15, 0.2) is 5.11 Å². The number of hydrogen-bond donors (Lipinski definition) is 4.